The summed E-state index contributed by atoms with van der Waals surface area (Å²) in [6, 6.07) is 7.70. The third-order valence-electron chi connectivity index (χ3n) is 2.74. The van der Waals surface area contributed by atoms with Crippen LogP contribution in [-0.4, -0.2) is 38.3 Å². The van der Waals surface area contributed by atoms with Crippen LogP contribution in [0.3, 0.4) is 0 Å². The van der Waals surface area contributed by atoms with Gasteiger partial charge in [-0.3, -0.25) is 0 Å². The van der Waals surface area contributed by atoms with Crippen molar-refractivity contribution in [3.05, 3.63) is 24.3 Å². The number of aromatic nitrogens is 3. The molecular formula is C14H19N3O2S. The van der Waals surface area contributed by atoms with E-state index in [9.17, 15) is 5.11 Å². The average Bonchev–Trinajstić information content (AvgIpc) is 2.77. The van der Waals surface area contributed by atoms with Gasteiger partial charge in [-0.15, -0.1) is 10.2 Å². The van der Waals surface area contributed by atoms with Gasteiger partial charge in [-0.25, -0.2) is 0 Å². The summed E-state index contributed by atoms with van der Waals surface area (Å²) >= 11 is 1.49. The van der Waals surface area contributed by atoms with Crippen LogP contribution in [0.1, 0.15) is 13.8 Å². The number of ether oxygens (including phenoxy) is 1. The summed E-state index contributed by atoms with van der Waals surface area (Å²) in [5, 5.41) is 18.9. The molecule has 2 aromatic rings. The van der Waals surface area contributed by atoms with Crippen LogP contribution >= 0.6 is 11.8 Å². The SMILES string of the molecule is COc1ccc(-c2nnc(SCC(C)(C)O)n2C)cc1. The third kappa shape index (κ3) is 3.52. The second kappa shape index (κ2) is 5.85. The maximum atomic E-state index is 9.76. The largest absolute Gasteiger partial charge is 0.497 e. The number of hydrogen-bond acceptors (Lipinski definition) is 5. The van der Waals surface area contributed by atoms with E-state index in [-0.39, 0.29) is 0 Å². The molecule has 108 valence electrons. The van der Waals surface area contributed by atoms with Crippen molar-refractivity contribution < 1.29 is 9.84 Å². The van der Waals surface area contributed by atoms with E-state index in [1.807, 2.05) is 35.9 Å². The molecule has 0 fully saturated rings. The minimum atomic E-state index is -0.725. The van der Waals surface area contributed by atoms with Gasteiger partial charge in [0.05, 0.1) is 12.7 Å². The minimum Gasteiger partial charge on any atom is -0.497 e. The predicted octanol–water partition coefficient (Wildman–Crippen LogP) is 2.35. The van der Waals surface area contributed by atoms with Crippen LogP contribution in [0.15, 0.2) is 29.4 Å². The Labute approximate surface area is 123 Å². The molecule has 0 atom stereocenters. The van der Waals surface area contributed by atoms with E-state index in [1.165, 1.54) is 11.8 Å². The minimum absolute atomic E-state index is 0.571. The van der Waals surface area contributed by atoms with Crippen LogP contribution in [0, 0.1) is 0 Å². The first-order valence-corrected chi connectivity index (χ1v) is 7.28. The van der Waals surface area contributed by atoms with Crippen molar-refractivity contribution in [2.24, 2.45) is 7.05 Å². The quantitative estimate of drug-likeness (QED) is 0.858. The van der Waals surface area contributed by atoms with Crippen LogP contribution in [0.4, 0.5) is 0 Å². The van der Waals surface area contributed by atoms with E-state index in [2.05, 4.69) is 10.2 Å². The molecule has 1 aromatic heterocycles. The highest BCUT2D eigenvalue weighted by Gasteiger charge is 2.17. The van der Waals surface area contributed by atoms with Crippen molar-refractivity contribution in [2.75, 3.05) is 12.9 Å². The molecule has 0 radical (unpaired) electrons. The van der Waals surface area contributed by atoms with Crippen LogP contribution in [-0.2, 0) is 7.05 Å². The molecule has 1 heterocycles. The first-order valence-electron chi connectivity index (χ1n) is 6.30. The van der Waals surface area contributed by atoms with Crippen LogP contribution in [0.25, 0.3) is 11.4 Å². The number of thioether (sulfide) groups is 1. The Morgan fingerprint density at radius 1 is 1.25 bits per heavy atom. The number of hydrogen-bond donors (Lipinski definition) is 1. The molecule has 0 bridgehead atoms. The van der Waals surface area contributed by atoms with Gasteiger partial charge < -0.3 is 14.4 Å². The molecule has 0 aliphatic heterocycles. The fourth-order valence-electron chi connectivity index (χ4n) is 1.67. The number of aliphatic hydroxyl groups is 1. The van der Waals surface area contributed by atoms with Crippen LogP contribution in [0.5, 0.6) is 5.75 Å². The molecule has 1 aromatic carbocycles. The van der Waals surface area contributed by atoms with Gasteiger partial charge in [-0.2, -0.15) is 0 Å². The summed E-state index contributed by atoms with van der Waals surface area (Å²) in [7, 11) is 3.56. The highest BCUT2D eigenvalue weighted by molar-refractivity contribution is 7.99. The molecule has 0 aliphatic rings. The van der Waals surface area contributed by atoms with Gasteiger partial charge in [0.25, 0.3) is 0 Å². The van der Waals surface area contributed by atoms with Crippen molar-refractivity contribution in [3.63, 3.8) is 0 Å². The first kappa shape index (κ1) is 14.9. The molecule has 0 saturated carbocycles. The summed E-state index contributed by atoms with van der Waals surface area (Å²) in [5.41, 5.74) is 0.257. The standard InChI is InChI=1S/C14H19N3O2S/c1-14(2,18)9-20-13-16-15-12(17(13)3)10-5-7-11(19-4)8-6-10/h5-8,18H,9H2,1-4H3. The lowest BCUT2D eigenvalue weighted by molar-refractivity contribution is 0.107. The highest BCUT2D eigenvalue weighted by Crippen LogP contribution is 2.26. The highest BCUT2D eigenvalue weighted by atomic mass is 32.2. The Kier molecular flexibility index (Phi) is 4.35. The Hall–Kier alpha value is -1.53. The van der Waals surface area contributed by atoms with Gasteiger partial charge in [-0.1, -0.05) is 11.8 Å². The second-order valence-corrected chi connectivity index (χ2v) is 6.14. The predicted molar refractivity (Wildman–Crippen MR) is 80.0 cm³/mol. The molecule has 0 spiro atoms. The summed E-state index contributed by atoms with van der Waals surface area (Å²) in [4.78, 5) is 0. The van der Waals surface area contributed by atoms with Gasteiger partial charge in [0.2, 0.25) is 0 Å². The normalized spacial score (nSPS) is 11.7. The second-order valence-electron chi connectivity index (χ2n) is 5.19. The number of rotatable bonds is 5. The van der Waals surface area contributed by atoms with Gasteiger partial charge in [-0.05, 0) is 38.1 Å². The summed E-state index contributed by atoms with van der Waals surface area (Å²) in [5.74, 6) is 2.18. The molecular weight excluding hydrogens is 274 g/mol. The first-order chi connectivity index (χ1) is 9.40. The summed E-state index contributed by atoms with van der Waals surface area (Å²) in [6.07, 6.45) is 0. The number of nitrogens with zero attached hydrogens (tertiary/aromatic N) is 3. The lowest BCUT2D eigenvalue weighted by Crippen LogP contribution is -2.22. The average molecular weight is 293 g/mol. The maximum absolute atomic E-state index is 9.76. The zero-order chi connectivity index (χ0) is 14.8. The molecule has 0 unspecified atom stereocenters. The lowest BCUT2D eigenvalue weighted by Gasteiger charge is -2.15. The zero-order valence-corrected chi connectivity index (χ0v) is 12.9. The van der Waals surface area contributed by atoms with Crippen molar-refractivity contribution in [1.29, 1.82) is 0 Å². The lowest BCUT2D eigenvalue weighted by atomic mass is 10.2. The van der Waals surface area contributed by atoms with Gasteiger partial charge in [0, 0.05) is 18.4 Å². The Morgan fingerprint density at radius 3 is 2.45 bits per heavy atom. The third-order valence-corrected chi connectivity index (χ3v) is 4.20. The molecule has 1 N–H and O–H groups in total. The van der Waals surface area contributed by atoms with Crippen molar-refractivity contribution in [2.45, 2.75) is 24.6 Å². The van der Waals surface area contributed by atoms with Crippen LogP contribution in [0.2, 0.25) is 0 Å². The maximum Gasteiger partial charge on any atom is 0.191 e. The fourth-order valence-corrected chi connectivity index (χ4v) is 2.53. The molecule has 0 saturated heterocycles. The van der Waals surface area contributed by atoms with Gasteiger partial charge >= 0.3 is 0 Å². The van der Waals surface area contributed by atoms with E-state index in [1.54, 1.807) is 21.0 Å². The van der Waals surface area contributed by atoms with E-state index < -0.39 is 5.60 Å². The molecule has 0 amide bonds. The smallest absolute Gasteiger partial charge is 0.191 e. The topological polar surface area (TPSA) is 60.2 Å². The van der Waals surface area contributed by atoms with E-state index in [0.717, 1.165) is 22.3 Å². The van der Waals surface area contributed by atoms with Crippen molar-refractivity contribution in [1.82, 2.24) is 14.8 Å². The monoisotopic (exact) mass is 293 g/mol. The molecule has 6 heteroatoms. The summed E-state index contributed by atoms with van der Waals surface area (Å²) < 4.78 is 7.07. The summed E-state index contributed by atoms with van der Waals surface area (Å²) in [6.45, 7) is 3.56. The van der Waals surface area contributed by atoms with Gasteiger partial charge in [0.1, 0.15) is 5.75 Å². The Balaban J connectivity index is 2.19. The molecule has 0 aliphatic carbocycles. The van der Waals surface area contributed by atoms with E-state index in [0.29, 0.717) is 5.75 Å². The van der Waals surface area contributed by atoms with Crippen molar-refractivity contribution >= 4 is 11.8 Å². The van der Waals surface area contributed by atoms with Crippen LogP contribution < -0.4 is 4.74 Å². The molecule has 5 nitrogen and oxygen atoms in total. The fraction of sp³-hybridized carbons (Fsp3) is 0.429. The number of benzene rings is 1. The molecule has 20 heavy (non-hydrogen) atoms. The molecule has 2 rings (SSSR count). The van der Waals surface area contributed by atoms with E-state index in [4.69, 9.17) is 4.74 Å². The van der Waals surface area contributed by atoms with Crippen molar-refractivity contribution in [3.8, 4) is 17.1 Å². The number of methoxy groups -OCH3 is 1. The Morgan fingerprint density at radius 2 is 1.90 bits per heavy atom. The van der Waals surface area contributed by atoms with E-state index >= 15 is 0 Å². The van der Waals surface area contributed by atoms with Gasteiger partial charge in [0.15, 0.2) is 11.0 Å². The Bertz CT molecular complexity index is 573. The zero-order valence-electron chi connectivity index (χ0n) is 12.1.